The molecule has 2 atom stereocenters. The van der Waals surface area contributed by atoms with Gasteiger partial charge in [0.05, 0.1) is 33.0 Å². The number of hydrogen-bond donors (Lipinski definition) is 3. The van der Waals surface area contributed by atoms with E-state index in [0.29, 0.717) is 18.1 Å². The minimum absolute atomic E-state index is 0.0222. The van der Waals surface area contributed by atoms with Gasteiger partial charge in [0.2, 0.25) is 0 Å². The van der Waals surface area contributed by atoms with Crippen molar-refractivity contribution in [3.8, 4) is 22.6 Å². The van der Waals surface area contributed by atoms with Gasteiger partial charge in [-0.3, -0.25) is 4.98 Å². The average Bonchev–Trinajstić information content (AvgIpc) is 2.77. The van der Waals surface area contributed by atoms with E-state index in [0.717, 1.165) is 23.1 Å². The van der Waals surface area contributed by atoms with Crippen molar-refractivity contribution in [2.75, 3.05) is 33.5 Å². The van der Waals surface area contributed by atoms with Gasteiger partial charge in [-0.2, -0.15) is 0 Å². The predicted octanol–water partition coefficient (Wildman–Crippen LogP) is 2.01. The van der Waals surface area contributed by atoms with Crippen molar-refractivity contribution in [2.24, 2.45) is 0 Å². The van der Waals surface area contributed by atoms with Crippen LogP contribution in [0.3, 0.4) is 0 Å². The van der Waals surface area contributed by atoms with Crippen molar-refractivity contribution in [1.82, 2.24) is 4.98 Å². The Bertz CT molecular complexity index is 777. The van der Waals surface area contributed by atoms with E-state index >= 15 is 0 Å². The minimum atomic E-state index is -1.49. The highest BCUT2D eigenvalue weighted by Crippen LogP contribution is 2.33. The fraction of sp³-hybridized carbons (Fsp3) is 0.476. The first-order chi connectivity index (χ1) is 14.5. The Labute approximate surface area is 177 Å². The fourth-order valence-electron chi connectivity index (χ4n) is 2.75. The molecule has 8 nitrogen and oxygen atoms in total. The summed E-state index contributed by atoms with van der Waals surface area (Å²) in [6.07, 6.45) is 3.70. The summed E-state index contributed by atoms with van der Waals surface area (Å²) in [6, 6.07) is 7.56. The second kappa shape index (κ2) is 12.5. The van der Waals surface area contributed by atoms with Gasteiger partial charge in [-0.1, -0.05) is 13.0 Å². The molecule has 0 aliphatic heterocycles. The summed E-state index contributed by atoms with van der Waals surface area (Å²) in [4.78, 5) is 4.29. The first-order valence-electron chi connectivity index (χ1n) is 9.95. The molecular formula is C21H30BNO7. The average molecular weight is 419 g/mol. The van der Waals surface area contributed by atoms with Gasteiger partial charge in [-0.05, 0) is 42.7 Å². The van der Waals surface area contributed by atoms with E-state index < -0.39 is 19.3 Å². The molecule has 0 bridgehead atoms. The zero-order valence-corrected chi connectivity index (χ0v) is 17.7. The van der Waals surface area contributed by atoms with E-state index in [2.05, 4.69) is 4.98 Å². The predicted molar refractivity (Wildman–Crippen MR) is 113 cm³/mol. The second-order valence-electron chi connectivity index (χ2n) is 6.87. The number of ether oxygens (including phenoxy) is 2. The molecule has 164 valence electrons. The van der Waals surface area contributed by atoms with Gasteiger partial charge >= 0.3 is 7.32 Å². The molecule has 0 radical (unpaired) electrons. The molecule has 30 heavy (non-hydrogen) atoms. The molecule has 9 heteroatoms. The summed E-state index contributed by atoms with van der Waals surface area (Å²) in [5.74, 6) is 0.904. The molecule has 1 aromatic carbocycles. The Morgan fingerprint density at radius 3 is 2.53 bits per heavy atom. The van der Waals surface area contributed by atoms with E-state index in [4.69, 9.17) is 23.9 Å². The van der Waals surface area contributed by atoms with Crippen LogP contribution in [-0.4, -0.2) is 67.2 Å². The Morgan fingerprint density at radius 2 is 1.87 bits per heavy atom. The van der Waals surface area contributed by atoms with Gasteiger partial charge in [-0.25, -0.2) is 0 Å². The second-order valence-corrected chi connectivity index (χ2v) is 6.87. The zero-order valence-electron chi connectivity index (χ0n) is 17.7. The third-order valence-corrected chi connectivity index (χ3v) is 4.46. The Balaban J connectivity index is 2.16. The third kappa shape index (κ3) is 6.96. The van der Waals surface area contributed by atoms with Crippen molar-refractivity contribution in [3.63, 3.8) is 0 Å². The quantitative estimate of drug-likeness (QED) is 0.423. The number of benzene rings is 1. The molecule has 0 aliphatic carbocycles. The van der Waals surface area contributed by atoms with Crippen LogP contribution in [0.4, 0.5) is 0 Å². The summed E-state index contributed by atoms with van der Waals surface area (Å²) in [5.41, 5.74) is 2.50. The van der Waals surface area contributed by atoms with E-state index in [1.807, 2.05) is 31.2 Å². The molecule has 0 saturated heterocycles. The third-order valence-electron chi connectivity index (χ3n) is 4.46. The normalized spacial score (nSPS) is 13.0. The molecule has 0 saturated carbocycles. The molecule has 0 unspecified atom stereocenters. The van der Waals surface area contributed by atoms with Gasteiger partial charge in [0, 0.05) is 30.5 Å². The molecule has 3 N–H and O–H groups in total. The lowest BCUT2D eigenvalue weighted by Gasteiger charge is -2.18. The van der Waals surface area contributed by atoms with Crippen molar-refractivity contribution < 1.29 is 34.0 Å². The van der Waals surface area contributed by atoms with E-state index in [1.54, 1.807) is 26.4 Å². The van der Waals surface area contributed by atoms with Crippen LogP contribution in [0.2, 0.25) is 0 Å². The summed E-state index contributed by atoms with van der Waals surface area (Å²) in [6.45, 7) is 3.82. The van der Waals surface area contributed by atoms with E-state index in [1.165, 1.54) is 0 Å². The lowest BCUT2D eigenvalue weighted by Crippen LogP contribution is -2.31. The number of aromatic nitrogens is 1. The Hall–Kier alpha value is -2.17. The summed E-state index contributed by atoms with van der Waals surface area (Å²) < 4.78 is 21.4. The molecule has 2 rings (SSSR count). The van der Waals surface area contributed by atoms with Gasteiger partial charge < -0.3 is 34.0 Å². The molecule has 0 spiro atoms. The summed E-state index contributed by atoms with van der Waals surface area (Å²) in [5, 5.41) is 28.5. The van der Waals surface area contributed by atoms with Crippen LogP contribution < -0.4 is 9.47 Å². The first kappa shape index (κ1) is 24.1. The standard InChI is InChI=1S/C21H30BNO7/c1-4-7-28-21-9-16(5-6-20(21)27-3)17-8-18(11-23-10-17)19(13-25)14-29-22(26)30-15(2)12-24/h5-6,8-11,15,19,24-26H,4,7,12-14H2,1-3H3/t15-,19-/m0/s1. The number of aliphatic hydroxyl groups is 2. The number of rotatable bonds is 13. The molecule has 0 amide bonds. The maximum Gasteiger partial charge on any atom is 0.636 e. The van der Waals surface area contributed by atoms with Crippen LogP contribution in [0.15, 0.2) is 36.7 Å². The first-order valence-corrected chi connectivity index (χ1v) is 9.95. The zero-order chi connectivity index (χ0) is 21.9. The number of nitrogens with zero attached hydrogens (tertiary/aromatic N) is 1. The van der Waals surface area contributed by atoms with Gasteiger partial charge in [-0.15, -0.1) is 0 Å². The number of methoxy groups -OCH3 is 1. The van der Waals surface area contributed by atoms with Crippen molar-refractivity contribution in [3.05, 3.63) is 42.2 Å². The van der Waals surface area contributed by atoms with Crippen LogP contribution in [0.5, 0.6) is 11.5 Å². The van der Waals surface area contributed by atoms with Crippen molar-refractivity contribution in [2.45, 2.75) is 32.3 Å². The molecule has 2 aromatic rings. The van der Waals surface area contributed by atoms with E-state index in [9.17, 15) is 10.1 Å². The highest BCUT2D eigenvalue weighted by atomic mass is 16.7. The summed E-state index contributed by atoms with van der Waals surface area (Å²) >= 11 is 0. The van der Waals surface area contributed by atoms with Crippen LogP contribution >= 0.6 is 0 Å². The molecule has 0 aliphatic rings. The van der Waals surface area contributed by atoms with Crippen LogP contribution in [0.1, 0.15) is 31.7 Å². The fourth-order valence-corrected chi connectivity index (χ4v) is 2.75. The number of hydrogen-bond acceptors (Lipinski definition) is 8. The van der Waals surface area contributed by atoms with Crippen LogP contribution in [0.25, 0.3) is 11.1 Å². The van der Waals surface area contributed by atoms with Crippen LogP contribution in [0, 0.1) is 0 Å². The SMILES string of the molecule is CCCOc1cc(-c2cncc([C@@H](CO)COB(O)O[C@@H](C)CO)c2)ccc1OC. The Morgan fingerprint density at radius 1 is 1.07 bits per heavy atom. The number of pyridine rings is 1. The largest absolute Gasteiger partial charge is 0.636 e. The van der Waals surface area contributed by atoms with Gasteiger partial charge in [0.15, 0.2) is 11.5 Å². The maximum absolute atomic E-state index is 9.78. The molecular weight excluding hydrogens is 389 g/mol. The lowest BCUT2D eigenvalue weighted by atomic mass is 9.98. The minimum Gasteiger partial charge on any atom is -0.493 e. The number of aliphatic hydroxyl groups excluding tert-OH is 2. The highest BCUT2D eigenvalue weighted by molar-refractivity contribution is 6.34. The maximum atomic E-state index is 9.78. The molecule has 0 fully saturated rings. The smallest absolute Gasteiger partial charge is 0.493 e. The molecule has 1 heterocycles. The monoisotopic (exact) mass is 419 g/mol. The topological polar surface area (TPSA) is 111 Å². The van der Waals surface area contributed by atoms with Crippen molar-refractivity contribution >= 4 is 7.32 Å². The molecule has 1 aromatic heterocycles. The van der Waals surface area contributed by atoms with Crippen LogP contribution in [-0.2, 0) is 9.31 Å². The van der Waals surface area contributed by atoms with Gasteiger partial charge in [0.25, 0.3) is 0 Å². The highest BCUT2D eigenvalue weighted by Gasteiger charge is 2.22. The van der Waals surface area contributed by atoms with Crippen molar-refractivity contribution in [1.29, 1.82) is 0 Å². The summed E-state index contributed by atoms with van der Waals surface area (Å²) in [7, 11) is 0.110. The lowest BCUT2D eigenvalue weighted by molar-refractivity contribution is 0.0532. The van der Waals surface area contributed by atoms with Gasteiger partial charge in [0.1, 0.15) is 0 Å². The Kier molecular flexibility index (Phi) is 10.1. The van der Waals surface area contributed by atoms with E-state index in [-0.39, 0.29) is 19.8 Å².